The van der Waals surface area contributed by atoms with Crippen molar-refractivity contribution >= 4 is 16.7 Å². The molecule has 2 N–H and O–H groups in total. The number of hydrogen-bond donors (Lipinski definition) is 1. The Labute approximate surface area is 125 Å². The van der Waals surface area contributed by atoms with Gasteiger partial charge in [-0.3, -0.25) is 4.79 Å². The van der Waals surface area contributed by atoms with E-state index in [2.05, 4.69) is 24.3 Å². The number of amides is 1. The van der Waals surface area contributed by atoms with Crippen molar-refractivity contribution in [2.75, 3.05) is 19.6 Å². The van der Waals surface area contributed by atoms with Crippen LogP contribution in [0.1, 0.15) is 18.4 Å². The van der Waals surface area contributed by atoms with E-state index in [1.165, 1.54) is 10.8 Å². The predicted molar refractivity (Wildman–Crippen MR) is 86.0 cm³/mol. The number of likely N-dealkylation sites (tertiary alicyclic amines) is 1. The lowest BCUT2D eigenvalue weighted by molar-refractivity contribution is -0.131. The van der Waals surface area contributed by atoms with E-state index in [1.54, 1.807) is 0 Å². The summed E-state index contributed by atoms with van der Waals surface area (Å²) in [6.07, 6.45) is 2.57. The normalized spacial score (nSPS) is 16.3. The summed E-state index contributed by atoms with van der Waals surface area (Å²) in [5.41, 5.74) is 6.83. The van der Waals surface area contributed by atoms with Crippen LogP contribution in [0.2, 0.25) is 0 Å². The van der Waals surface area contributed by atoms with E-state index in [9.17, 15) is 4.79 Å². The minimum absolute atomic E-state index is 0.238. The van der Waals surface area contributed by atoms with Crippen LogP contribution in [0, 0.1) is 5.92 Å². The van der Waals surface area contributed by atoms with Gasteiger partial charge in [0.05, 0.1) is 6.42 Å². The molecule has 0 unspecified atom stereocenters. The fourth-order valence-electron chi connectivity index (χ4n) is 3.14. The molecule has 0 atom stereocenters. The minimum Gasteiger partial charge on any atom is -0.342 e. The van der Waals surface area contributed by atoms with Gasteiger partial charge in [-0.05, 0) is 41.6 Å². The van der Waals surface area contributed by atoms with Gasteiger partial charge in [0, 0.05) is 13.1 Å². The third-order valence-electron chi connectivity index (χ3n) is 4.52. The molecule has 1 aliphatic rings. The highest BCUT2D eigenvalue weighted by Crippen LogP contribution is 2.21. The molecule has 2 aromatic carbocycles. The van der Waals surface area contributed by atoms with Crippen molar-refractivity contribution in [2.45, 2.75) is 19.3 Å². The third-order valence-corrected chi connectivity index (χ3v) is 4.52. The van der Waals surface area contributed by atoms with Gasteiger partial charge in [-0.2, -0.15) is 0 Å². The molecule has 3 nitrogen and oxygen atoms in total. The standard InChI is InChI=1S/C18H22N2O/c19-13-14-8-10-20(11-9-14)18(21)12-16-6-3-5-15-4-1-2-7-17(15)16/h1-7,14H,8-13,19H2. The number of nitrogens with zero attached hydrogens (tertiary/aromatic N) is 1. The summed E-state index contributed by atoms with van der Waals surface area (Å²) < 4.78 is 0. The number of carbonyl (C=O) groups is 1. The summed E-state index contributed by atoms with van der Waals surface area (Å²) in [4.78, 5) is 14.5. The first-order valence-corrected chi connectivity index (χ1v) is 7.72. The summed E-state index contributed by atoms with van der Waals surface area (Å²) in [7, 11) is 0. The van der Waals surface area contributed by atoms with Crippen molar-refractivity contribution < 1.29 is 4.79 Å². The van der Waals surface area contributed by atoms with Gasteiger partial charge in [-0.25, -0.2) is 0 Å². The first-order chi connectivity index (χ1) is 10.3. The summed E-state index contributed by atoms with van der Waals surface area (Å²) in [5.74, 6) is 0.827. The van der Waals surface area contributed by atoms with E-state index in [4.69, 9.17) is 5.73 Å². The molecule has 0 aromatic heterocycles. The van der Waals surface area contributed by atoms with Gasteiger partial charge in [-0.15, -0.1) is 0 Å². The van der Waals surface area contributed by atoms with Crippen molar-refractivity contribution in [1.82, 2.24) is 4.90 Å². The van der Waals surface area contributed by atoms with Crippen LogP contribution >= 0.6 is 0 Å². The number of rotatable bonds is 3. The molecule has 1 saturated heterocycles. The summed E-state index contributed by atoms with van der Waals surface area (Å²) in [6, 6.07) is 14.4. The molecule has 0 aliphatic carbocycles. The molecule has 21 heavy (non-hydrogen) atoms. The summed E-state index contributed by atoms with van der Waals surface area (Å²) in [5, 5.41) is 2.38. The SMILES string of the molecule is NCC1CCN(C(=O)Cc2cccc3ccccc23)CC1. The van der Waals surface area contributed by atoms with Crippen LogP contribution in [0.25, 0.3) is 10.8 Å². The van der Waals surface area contributed by atoms with Crippen molar-refractivity contribution in [3.63, 3.8) is 0 Å². The van der Waals surface area contributed by atoms with E-state index in [0.29, 0.717) is 12.3 Å². The van der Waals surface area contributed by atoms with Crippen molar-refractivity contribution in [1.29, 1.82) is 0 Å². The highest BCUT2D eigenvalue weighted by atomic mass is 16.2. The Morgan fingerprint density at radius 3 is 2.57 bits per heavy atom. The van der Waals surface area contributed by atoms with Gasteiger partial charge in [0.15, 0.2) is 0 Å². The molecule has 1 heterocycles. The molecular weight excluding hydrogens is 260 g/mol. The fraction of sp³-hybridized carbons (Fsp3) is 0.389. The van der Waals surface area contributed by atoms with Gasteiger partial charge in [0.2, 0.25) is 5.91 Å². The van der Waals surface area contributed by atoms with Gasteiger partial charge in [0.1, 0.15) is 0 Å². The van der Waals surface area contributed by atoms with Crippen LogP contribution in [-0.2, 0) is 11.2 Å². The highest BCUT2D eigenvalue weighted by molar-refractivity contribution is 5.90. The lowest BCUT2D eigenvalue weighted by Gasteiger charge is -2.31. The molecule has 1 amide bonds. The second-order valence-electron chi connectivity index (χ2n) is 5.87. The Morgan fingerprint density at radius 1 is 1.10 bits per heavy atom. The van der Waals surface area contributed by atoms with Gasteiger partial charge < -0.3 is 10.6 Å². The third kappa shape index (κ3) is 3.08. The monoisotopic (exact) mass is 282 g/mol. The summed E-state index contributed by atoms with van der Waals surface area (Å²) in [6.45, 7) is 2.45. The molecule has 110 valence electrons. The molecule has 0 saturated carbocycles. The van der Waals surface area contributed by atoms with E-state index >= 15 is 0 Å². The number of nitrogens with two attached hydrogens (primary N) is 1. The van der Waals surface area contributed by atoms with E-state index in [1.807, 2.05) is 23.1 Å². The van der Waals surface area contributed by atoms with E-state index in [-0.39, 0.29) is 5.91 Å². The largest absolute Gasteiger partial charge is 0.342 e. The predicted octanol–water partition coefficient (Wildman–Crippen LogP) is 2.58. The Kier molecular flexibility index (Phi) is 4.20. The first-order valence-electron chi connectivity index (χ1n) is 7.72. The van der Waals surface area contributed by atoms with E-state index in [0.717, 1.165) is 38.0 Å². The molecule has 3 rings (SSSR count). The minimum atomic E-state index is 0.238. The second-order valence-corrected chi connectivity index (χ2v) is 5.87. The van der Waals surface area contributed by atoms with E-state index < -0.39 is 0 Å². The van der Waals surface area contributed by atoms with Gasteiger partial charge >= 0.3 is 0 Å². The Morgan fingerprint density at radius 2 is 1.81 bits per heavy atom. The number of piperidine rings is 1. The van der Waals surface area contributed by atoms with Gasteiger partial charge in [-0.1, -0.05) is 42.5 Å². The maximum absolute atomic E-state index is 12.5. The number of fused-ring (bicyclic) bond motifs is 1. The van der Waals surface area contributed by atoms with Gasteiger partial charge in [0.25, 0.3) is 0 Å². The Hall–Kier alpha value is -1.87. The topological polar surface area (TPSA) is 46.3 Å². The molecule has 2 aromatic rings. The zero-order valence-corrected chi connectivity index (χ0v) is 12.3. The molecule has 3 heteroatoms. The number of carbonyl (C=O) groups excluding carboxylic acids is 1. The van der Waals surface area contributed by atoms with Crippen LogP contribution in [-0.4, -0.2) is 30.4 Å². The first kappa shape index (κ1) is 14.1. The highest BCUT2D eigenvalue weighted by Gasteiger charge is 2.22. The maximum atomic E-state index is 12.5. The fourth-order valence-corrected chi connectivity index (χ4v) is 3.14. The van der Waals surface area contributed by atoms with Crippen LogP contribution in [0.3, 0.4) is 0 Å². The smallest absolute Gasteiger partial charge is 0.227 e. The number of benzene rings is 2. The molecule has 1 fully saturated rings. The lowest BCUT2D eigenvalue weighted by atomic mass is 9.96. The maximum Gasteiger partial charge on any atom is 0.227 e. The second kappa shape index (κ2) is 6.27. The molecular formula is C18H22N2O. The average molecular weight is 282 g/mol. The molecule has 0 spiro atoms. The number of hydrogen-bond acceptors (Lipinski definition) is 2. The quantitative estimate of drug-likeness (QED) is 0.940. The zero-order valence-electron chi connectivity index (χ0n) is 12.3. The van der Waals surface area contributed by atoms with Crippen LogP contribution in [0.15, 0.2) is 42.5 Å². The van der Waals surface area contributed by atoms with Crippen molar-refractivity contribution in [2.24, 2.45) is 11.7 Å². The van der Waals surface area contributed by atoms with Crippen molar-refractivity contribution in [3.8, 4) is 0 Å². The molecule has 1 aliphatic heterocycles. The molecule has 0 radical (unpaired) electrons. The Bertz CT molecular complexity index is 625. The van der Waals surface area contributed by atoms with Crippen LogP contribution in [0.5, 0.6) is 0 Å². The van der Waals surface area contributed by atoms with Crippen LogP contribution in [0.4, 0.5) is 0 Å². The zero-order chi connectivity index (χ0) is 14.7. The summed E-state index contributed by atoms with van der Waals surface area (Å²) >= 11 is 0. The lowest BCUT2D eigenvalue weighted by Crippen LogP contribution is -2.40. The average Bonchev–Trinajstić information content (AvgIpc) is 2.55. The Balaban J connectivity index is 1.72. The molecule has 0 bridgehead atoms. The van der Waals surface area contributed by atoms with Crippen LogP contribution < -0.4 is 5.73 Å². The van der Waals surface area contributed by atoms with Crippen molar-refractivity contribution in [3.05, 3.63) is 48.0 Å².